The smallest absolute Gasteiger partial charge is 0.418 e. The molecular weight excluding hydrogens is 346 g/mol. The predicted octanol–water partition coefficient (Wildman–Crippen LogP) is 5.25. The summed E-state index contributed by atoms with van der Waals surface area (Å²) in [5.41, 5.74) is 0. The summed E-state index contributed by atoms with van der Waals surface area (Å²) in [4.78, 5) is 2.38. The van der Waals surface area contributed by atoms with E-state index in [-0.39, 0.29) is 0 Å². The maximum absolute atomic E-state index is 9.75. The Bertz CT molecular complexity index is 170. The van der Waals surface area contributed by atoms with Gasteiger partial charge >= 0.3 is 21.8 Å². The molecule has 0 rings (SSSR count). The Labute approximate surface area is 120 Å². The van der Waals surface area contributed by atoms with Crippen molar-refractivity contribution >= 4 is 21.8 Å². The first-order valence-electron chi connectivity index (χ1n) is 5.69. The number of rotatable bonds is 3. The Balaban J connectivity index is -0.0000000995. The molecular formula is C6H15B3F12N-3. The molecule has 0 radical (unpaired) electrons. The quantitative estimate of drug-likeness (QED) is 0.490. The Morgan fingerprint density at radius 3 is 0.545 bits per heavy atom. The van der Waals surface area contributed by atoms with E-state index in [2.05, 4.69) is 25.7 Å². The summed E-state index contributed by atoms with van der Waals surface area (Å²) < 4.78 is 117. The van der Waals surface area contributed by atoms with Crippen molar-refractivity contribution in [3.05, 3.63) is 0 Å². The summed E-state index contributed by atoms with van der Waals surface area (Å²) in [6.45, 7) is 10.1. The van der Waals surface area contributed by atoms with Crippen molar-refractivity contribution < 1.29 is 51.8 Å². The fourth-order valence-electron chi connectivity index (χ4n) is 0.671. The molecule has 0 aromatic rings. The topological polar surface area (TPSA) is 3.24 Å². The van der Waals surface area contributed by atoms with E-state index in [9.17, 15) is 51.8 Å². The van der Waals surface area contributed by atoms with Crippen LogP contribution in [0.2, 0.25) is 0 Å². The van der Waals surface area contributed by atoms with Gasteiger partial charge in [-0.3, -0.25) is 0 Å². The molecule has 22 heavy (non-hydrogen) atoms. The maximum Gasteiger partial charge on any atom is 0.673 e. The molecule has 0 aliphatic carbocycles. The van der Waals surface area contributed by atoms with Gasteiger partial charge in [-0.05, 0) is 19.6 Å². The highest BCUT2D eigenvalue weighted by Crippen LogP contribution is 2.07. The van der Waals surface area contributed by atoms with Crippen molar-refractivity contribution in [1.29, 1.82) is 0 Å². The van der Waals surface area contributed by atoms with Crippen LogP contribution in [0.3, 0.4) is 0 Å². The fourth-order valence-corrected chi connectivity index (χ4v) is 0.671. The van der Waals surface area contributed by atoms with Crippen LogP contribution in [0.15, 0.2) is 0 Å². The van der Waals surface area contributed by atoms with Crippen molar-refractivity contribution in [2.24, 2.45) is 0 Å². The molecule has 0 aliphatic rings. The summed E-state index contributed by atoms with van der Waals surface area (Å²) in [6.07, 6.45) is 0. The maximum atomic E-state index is 9.75. The second kappa shape index (κ2) is 13.9. The molecule has 140 valence electrons. The molecule has 0 aromatic carbocycles. The van der Waals surface area contributed by atoms with Gasteiger partial charge in [-0.1, -0.05) is 20.8 Å². The van der Waals surface area contributed by atoms with Crippen molar-refractivity contribution in [1.82, 2.24) is 4.90 Å². The van der Waals surface area contributed by atoms with Gasteiger partial charge < -0.3 is 56.7 Å². The zero-order chi connectivity index (χ0) is 19.2. The third-order valence-corrected chi connectivity index (χ3v) is 1.34. The van der Waals surface area contributed by atoms with Crippen molar-refractivity contribution in [3.63, 3.8) is 0 Å². The monoisotopic (exact) mass is 362 g/mol. The molecule has 0 N–H and O–H groups in total. The molecule has 0 fully saturated rings. The molecule has 0 amide bonds. The van der Waals surface area contributed by atoms with Crippen LogP contribution in [-0.4, -0.2) is 46.3 Å². The minimum Gasteiger partial charge on any atom is -0.418 e. The van der Waals surface area contributed by atoms with Crippen LogP contribution < -0.4 is 0 Å². The number of halogens is 12. The zero-order valence-electron chi connectivity index (χ0n) is 11.8. The van der Waals surface area contributed by atoms with E-state index in [1.165, 1.54) is 19.6 Å². The predicted molar refractivity (Wildman–Crippen MR) is 64.0 cm³/mol. The van der Waals surface area contributed by atoms with Gasteiger partial charge in [-0.2, -0.15) is 0 Å². The lowest BCUT2D eigenvalue weighted by Crippen LogP contribution is -2.21. The summed E-state index contributed by atoms with van der Waals surface area (Å²) in [7, 11) is -18.0. The SMILES string of the molecule is CCN(CC)CC.F[B-](F)(F)F.F[B-](F)(F)F.F[B-](F)(F)F. The lowest BCUT2D eigenvalue weighted by Gasteiger charge is -2.13. The zero-order valence-corrected chi connectivity index (χ0v) is 11.8. The molecule has 1 nitrogen and oxygen atoms in total. The molecule has 16 heteroatoms. The molecule has 0 bridgehead atoms. The number of hydrogen-bond donors (Lipinski definition) is 0. The number of hydrogen-bond acceptors (Lipinski definition) is 1. The van der Waals surface area contributed by atoms with Gasteiger partial charge in [0.05, 0.1) is 0 Å². The summed E-state index contributed by atoms with van der Waals surface area (Å²) in [5.74, 6) is 0. The fraction of sp³-hybridized carbons (Fsp3) is 1.00. The van der Waals surface area contributed by atoms with Crippen LogP contribution in [0, 0.1) is 0 Å². The molecule has 0 saturated carbocycles. The first kappa shape index (κ1) is 29.3. The lowest BCUT2D eigenvalue weighted by atomic mass is 10.3. The van der Waals surface area contributed by atoms with E-state index in [0.717, 1.165) is 0 Å². The first-order chi connectivity index (χ1) is 9.35. The summed E-state index contributed by atoms with van der Waals surface area (Å²) >= 11 is 0. The minimum atomic E-state index is -6.00. The van der Waals surface area contributed by atoms with Crippen LogP contribution >= 0.6 is 0 Å². The van der Waals surface area contributed by atoms with Gasteiger partial charge in [-0.15, -0.1) is 0 Å². The lowest BCUT2D eigenvalue weighted by molar-refractivity contribution is 0.321. The van der Waals surface area contributed by atoms with E-state index in [0.29, 0.717) is 0 Å². The molecule has 0 aliphatic heterocycles. The largest absolute Gasteiger partial charge is 0.673 e. The Morgan fingerprint density at radius 1 is 0.455 bits per heavy atom. The van der Waals surface area contributed by atoms with Gasteiger partial charge in [0.25, 0.3) is 0 Å². The third-order valence-electron chi connectivity index (χ3n) is 1.34. The van der Waals surface area contributed by atoms with Crippen LogP contribution in [-0.2, 0) is 0 Å². The Kier molecular flexibility index (Phi) is 18.6. The van der Waals surface area contributed by atoms with Gasteiger partial charge in [-0.25, -0.2) is 0 Å². The molecule has 0 spiro atoms. The highest BCUT2D eigenvalue weighted by Gasteiger charge is 2.21. The van der Waals surface area contributed by atoms with E-state index in [1.807, 2.05) is 0 Å². The molecule has 0 heterocycles. The third kappa shape index (κ3) is 229. The van der Waals surface area contributed by atoms with E-state index in [4.69, 9.17) is 0 Å². The average molecular weight is 362 g/mol. The molecule has 0 unspecified atom stereocenters. The second-order valence-electron chi connectivity index (χ2n) is 3.10. The van der Waals surface area contributed by atoms with Crippen LogP contribution in [0.1, 0.15) is 20.8 Å². The van der Waals surface area contributed by atoms with Gasteiger partial charge in [0.1, 0.15) is 0 Å². The molecule has 0 aromatic heterocycles. The highest BCUT2D eigenvalue weighted by atomic mass is 19.5. The standard InChI is InChI=1S/C6H15N.3BF4/c1-4-7(5-2)6-3;3*2-1(3,4)5/h4-6H2,1-3H3;;;/q;3*-1. The Hall–Kier alpha value is -0.685. The van der Waals surface area contributed by atoms with Crippen molar-refractivity contribution in [2.75, 3.05) is 19.6 Å². The Morgan fingerprint density at radius 2 is 0.545 bits per heavy atom. The minimum absolute atomic E-state index is 1.19. The van der Waals surface area contributed by atoms with Crippen molar-refractivity contribution in [3.8, 4) is 0 Å². The van der Waals surface area contributed by atoms with Crippen LogP contribution in [0.4, 0.5) is 51.8 Å². The first-order valence-corrected chi connectivity index (χ1v) is 5.69. The number of nitrogens with zero attached hydrogens (tertiary/aromatic N) is 1. The van der Waals surface area contributed by atoms with Gasteiger partial charge in [0.2, 0.25) is 0 Å². The van der Waals surface area contributed by atoms with E-state index >= 15 is 0 Å². The van der Waals surface area contributed by atoms with Crippen LogP contribution in [0.5, 0.6) is 0 Å². The van der Waals surface area contributed by atoms with Crippen molar-refractivity contribution in [2.45, 2.75) is 20.8 Å². The second-order valence-corrected chi connectivity index (χ2v) is 3.10. The van der Waals surface area contributed by atoms with Crippen LogP contribution in [0.25, 0.3) is 0 Å². The highest BCUT2D eigenvalue weighted by molar-refractivity contribution is 6.50. The summed E-state index contributed by atoms with van der Waals surface area (Å²) in [5, 5.41) is 0. The average Bonchev–Trinajstić information content (AvgIpc) is 2.12. The molecule has 0 saturated heterocycles. The van der Waals surface area contributed by atoms with Gasteiger partial charge in [0.15, 0.2) is 0 Å². The van der Waals surface area contributed by atoms with E-state index < -0.39 is 21.8 Å². The normalized spacial score (nSPS) is 11.5. The summed E-state index contributed by atoms with van der Waals surface area (Å²) in [6, 6.07) is 0. The van der Waals surface area contributed by atoms with E-state index in [1.54, 1.807) is 0 Å². The van der Waals surface area contributed by atoms with Gasteiger partial charge in [0, 0.05) is 0 Å². The molecule has 0 atom stereocenters.